The number of hydrogen-bond donors (Lipinski definition) is 1. The van der Waals surface area contributed by atoms with Gasteiger partial charge in [-0.25, -0.2) is 0 Å². The lowest BCUT2D eigenvalue weighted by Crippen LogP contribution is -2.35. The molecule has 1 aliphatic heterocycles. The molecule has 1 N–H and O–H groups in total. The topological polar surface area (TPSA) is 75.2 Å². The van der Waals surface area contributed by atoms with E-state index in [9.17, 15) is 9.59 Å². The number of aromatic nitrogens is 2. The number of nitrogens with one attached hydrogen (secondary N) is 1. The largest absolute Gasteiger partial charge is 0.355 e. The Labute approximate surface area is 105 Å². The zero-order chi connectivity index (χ0) is 13.0. The van der Waals surface area contributed by atoms with Crippen molar-refractivity contribution in [3.63, 3.8) is 0 Å². The molecule has 6 nitrogen and oxygen atoms in total. The molecule has 0 aliphatic carbocycles. The molecule has 1 saturated heterocycles. The van der Waals surface area contributed by atoms with E-state index in [0.717, 1.165) is 38.0 Å². The number of piperidine rings is 1. The quantitative estimate of drug-likeness (QED) is 0.776. The number of anilines is 1. The number of aldehydes is 1. The van der Waals surface area contributed by atoms with Crippen LogP contribution in [0.3, 0.4) is 0 Å². The van der Waals surface area contributed by atoms with Crippen LogP contribution in [-0.4, -0.2) is 42.5 Å². The van der Waals surface area contributed by atoms with Crippen LogP contribution in [0.4, 0.5) is 5.82 Å². The minimum atomic E-state index is -0.242. The van der Waals surface area contributed by atoms with Gasteiger partial charge in [-0.2, -0.15) is 0 Å². The Balaban J connectivity index is 2.02. The van der Waals surface area contributed by atoms with E-state index in [-0.39, 0.29) is 11.8 Å². The van der Waals surface area contributed by atoms with E-state index < -0.39 is 0 Å². The molecule has 0 bridgehead atoms. The summed E-state index contributed by atoms with van der Waals surface area (Å²) in [6, 6.07) is 3.45. The van der Waals surface area contributed by atoms with Crippen molar-refractivity contribution in [2.24, 2.45) is 5.92 Å². The number of hydrogen-bond acceptors (Lipinski definition) is 5. The standard InChI is InChI=1S/C12H16N4O2/c1-13-12(18)10-2-3-11(15-14-10)16-6-4-9(8-17)5-7-16/h2-3,8-9H,4-7H2,1H3,(H,13,18). The van der Waals surface area contributed by atoms with Gasteiger partial charge in [0.1, 0.15) is 6.29 Å². The van der Waals surface area contributed by atoms with Crippen LogP contribution < -0.4 is 10.2 Å². The Morgan fingerprint density at radius 2 is 2.11 bits per heavy atom. The van der Waals surface area contributed by atoms with Gasteiger partial charge < -0.3 is 15.0 Å². The second-order valence-electron chi connectivity index (χ2n) is 4.32. The van der Waals surface area contributed by atoms with Crippen LogP contribution in [0, 0.1) is 5.92 Å². The second-order valence-corrected chi connectivity index (χ2v) is 4.32. The van der Waals surface area contributed by atoms with Gasteiger partial charge in [0.15, 0.2) is 11.5 Å². The van der Waals surface area contributed by atoms with Crippen LogP contribution >= 0.6 is 0 Å². The predicted octanol–water partition coefficient (Wildman–Crippen LogP) is 0.251. The van der Waals surface area contributed by atoms with Crippen molar-refractivity contribution >= 4 is 18.0 Å². The van der Waals surface area contributed by atoms with Gasteiger partial charge in [0.2, 0.25) is 0 Å². The second kappa shape index (κ2) is 5.57. The van der Waals surface area contributed by atoms with Crippen molar-refractivity contribution in [1.29, 1.82) is 0 Å². The summed E-state index contributed by atoms with van der Waals surface area (Å²) in [7, 11) is 1.56. The molecule has 0 spiro atoms. The van der Waals surface area contributed by atoms with Gasteiger partial charge in [-0.3, -0.25) is 4.79 Å². The van der Waals surface area contributed by atoms with Crippen LogP contribution in [0.1, 0.15) is 23.3 Å². The maximum absolute atomic E-state index is 11.3. The molecule has 6 heteroatoms. The normalized spacial score (nSPS) is 16.4. The molecule has 0 aromatic carbocycles. The van der Waals surface area contributed by atoms with E-state index in [1.54, 1.807) is 19.2 Å². The molecule has 96 valence electrons. The summed E-state index contributed by atoms with van der Waals surface area (Å²) in [5.74, 6) is 0.681. The smallest absolute Gasteiger partial charge is 0.271 e. The highest BCUT2D eigenvalue weighted by Crippen LogP contribution is 2.19. The number of rotatable bonds is 3. The highest BCUT2D eigenvalue weighted by Gasteiger charge is 2.20. The summed E-state index contributed by atoms with van der Waals surface area (Å²) >= 11 is 0. The average Bonchev–Trinajstić information content (AvgIpc) is 2.47. The van der Waals surface area contributed by atoms with Gasteiger partial charge >= 0.3 is 0 Å². The third-order valence-corrected chi connectivity index (χ3v) is 3.17. The molecule has 2 heterocycles. The van der Waals surface area contributed by atoms with Gasteiger partial charge in [-0.05, 0) is 25.0 Å². The Bertz CT molecular complexity index is 424. The van der Waals surface area contributed by atoms with Crippen LogP contribution in [-0.2, 0) is 4.79 Å². The molecule has 1 amide bonds. The number of amides is 1. The number of carbonyl (C=O) groups excluding carboxylic acids is 2. The van der Waals surface area contributed by atoms with Gasteiger partial charge in [0.25, 0.3) is 5.91 Å². The summed E-state index contributed by atoms with van der Waals surface area (Å²) in [6.45, 7) is 1.61. The fourth-order valence-electron chi connectivity index (χ4n) is 2.01. The Hall–Kier alpha value is -1.98. The zero-order valence-corrected chi connectivity index (χ0v) is 10.3. The first-order valence-electron chi connectivity index (χ1n) is 6.00. The summed E-state index contributed by atoms with van der Waals surface area (Å²) in [5.41, 5.74) is 0.309. The van der Waals surface area contributed by atoms with E-state index in [4.69, 9.17) is 0 Å². The summed E-state index contributed by atoms with van der Waals surface area (Å²) in [5, 5.41) is 10.4. The molecule has 0 unspecified atom stereocenters. The third kappa shape index (κ3) is 2.64. The molecule has 1 aromatic heterocycles. The third-order valence-electron chi connectivity index (χ3n) is 3.17. The van der Waals surface area contributed by atoms with Crippen LogP contribution in [0.25, 0.3) is 0 Å². The van der Waals surface area contributed by atoms with Crippen LogP contribution in [0.5, 0.6) is 0 Å². The number of carbonyl (C=O) groups is 2. The molecule has 0 saturated carbocycles. The first-order chi connectivity index (χ1) is 8.74. The van der Waals surface area contributed by atoms with Crippen molar-refractivity contribution in [2.75, 3.05) is 25.0 Å². The molecule has 1 fully saturated rings. The van der Waals surface area contributed by atoms with Crippen molar-refractivity contribution in [3.8, 4) is 0 Å². The molecule has 18 heavy (non-hydrogen) atoms. The average molecular weight is 248 g/mol. The molecule has 1 aliphatic rings. The van der Waals surface area contributed by atoms with Crippen LogP contribution in [0.15, 0.2) is 12.1 Å². The van der Waals surface area contributed by atoms with Gasteiger partial charge in [0, 0.05) is 26.1 Å². The van der Waals surface area contributed by atoms with Gasteiger partial charge in [-0.15, -0.1) is 10.2 Å². The summed E-state index contributed by atoms with van der Waals surface area (Å²) in [4.78, 5) is 24.1. The fourth-order valence-corrected chi connectivity index (χ4v) is 2.01. The fraction of sp³-hybridized carbons (Fsp3) is 0.500. The van der Waals surface area contributed by atoms with Crippen molar-refractivity contribution in [3.05, 3.63) is 17.8 Å². The lowest BCUT2D eigenvalue weighted by Gasteiger charge is -2.30. The zero-order valence-electron chi connectivity index (χ0n) is 10.3. The number of nitrogens with zero attached hydrogens (tertiary/aromatic N) is 3. The van der Waals surface area contributed by atoms with E-state index in [2.05, 4.69) is 20.4 Å². The highest BCUT2D eigenvalue weighted by atomic mass is 16.1. The van der Waals surface area contributed by atoms with Crippen molar-refractivity contribution in [1.82, 2.24) is 15.5 Å². The lowest BCUT2D eigenvalue weighted by atomic mass is 9.99. The van der Waals surface area contributed by atoms with Crippen molar-refractivity contribution < 1.29 is 9.59 Å². The maximum Gasteiger partial charge on any atom is 0.271 e. The minimum absolute atomic E-state index is 0.166. The Morgan fingerprint density at radius 3 is 2.61 bits per heavy atom. The molecule has 0 atom stereocenters. The monoisotopic (exact) mass is 248 g/mol. The van der Waals surface area contributed by atoms with E-state index in [1.165, 1.54) is 0 Å². The Morgan fingerprint density at radius 1 is 1.39 bits per heavy atom. The molecule has 0 radical (unpaired) electrons. The first kappa shape index (κ1) is 12.5. The maximum atomic E-state index is 11.3. The van der Waals surface area contributed by atoms with E-state index in [1.807, 2.05) is 0 Å². The van der Waals surface area contributed by atoms with Gasteiger partial charge in [-0.1, -0.05) is 0 Å². The highest BCUT2D eigenvalue weighted by molar-refractivity contribution is 5.91. The lowest BCUT2D eigenvalue weighted by molar-refractivity contribution is -0.111. The Kier molecular flexibility index (Phi) is 3.86. The van der Waals surface area contributed by atoms with Gasteiger partial charge in [0.05, 0.1) is 0 Å². The minimum Gasteiger partial charge on any atom is -0.355 e. The first-order valence-corrected chi connectivity index (χ1v) is 6.00. The predicted molar refractivity (Wildman–Crippen MR) is 66.4 cm³/mol. The van der Waals surface area contributed by atoms with Crippen LogP contribution in [0.2, 0.25) is 0 Å². The summed E-state index contributed by atoms with van der Waals surface area (Å²) in [6.07, 6.45) is 2.72. The molecular weight excluding hydrogens is 232 g/mol. The van der Waals surface area contributed by atoms with E-state index >= 15 is 0 Å². The SMILES string of the molecule is CNC(=O)c1ccc(N2CCC(C=O)CC2)nn1. The summed E-state index contributed by atoms with van der Waals surface area (Å²) < 4.78 is 0. The van der Waals surface area contributed by atoms with E-state index in [0.29, 0.717) is 5.69 Å². The van der Waals surface area contributed by atoms with Crippen molar-refractivity contribution in [2.45, 2.75) is 12.8 Å². The molecule has 1 aromatic rings. The molecule has 2 rings (SSSR count). The molecular formula is C12H16N4O2.